The van der Waals surface area contributed by atoms with Gasteiger partial charge in [-0.3, -0.25) is 9.78 Å². The molecule has 0 unspecified atom stereocenters. The van der Waals surface area contributed by atoms with Gasteiger partial charge in [-0.05, 0) is 48.4 Å². The van der Waals surface area contributed by atoms with E-state index in [0.717, 1.165) is 41.3 Å². The van der Waals surface area contributed by atoms with E-state index in [1.807, 2.05) is 30.6 Å². The van der Waals surface area contributed by atoms with E-state index in [2.05, 4.69) is 10.3 Å². The molecule has 0 bridgehead atoms. The number of nitrogens with zero attached hydrogens (tertiary/aromatic N) is 1. The summed E-state index contributed by atoms with van der Waals surface area (Å²) in [5.74, 6) is 1.29. The molecular formula is C16H19ClN2O2. The molecule has 3 rings (SSSR count). The van der Waals surface area contributed by atoms with Gasteiger partial charge in [0.15, 0.2) is 0 Å². The summed E-state index contributed by atoms with van der Waals surface area (Å²) in [6.07, 6.45) is 6.58. The highest BCUT2D eigenvalue weighted by atomic mass is 35.5. The molecule has 21 heavy (non-hydrogen) atoms. The molecule has 0 saturated heterocycles. The summed E-state index contributed by atoms with van der Waals surface area (Å²) in [7, 11) is 1.66. The summed E-state index contributed by atoms with van der Waals surface area (Å²) in [6.45, 7) is 0.660. The lowest BCUT2D eigenvalue weighted by Gasteiger charge is -2.08. The quantitative estimate of drug-likeness (QED) is 0.924. The Bertz CT molecular complexity index is 641. The van der Waals surface area contributed by atoms with Gasteiger partial charge in [0.05, 0.1) is 7.11 Å². The second-order valence-electron chi connectivity index (χ2n) is 5.20. The summed E-state index contributed by atoms with van der Waals surface area (Å²) < 4.78 is 5.27. The third-order valence-corrected chi connectivity index (χ3v) is 3.69. The second kappa shape index (κ2) is 6.76. The number of carbonyl (C=O) groups is 1. The monoisotopic (exact) mass is 306 g/mol. The van der Waals surface area contributed by atoms with E-state index in [-0.39, 0.29) is 24.2 Å². The lowest BCUT2D eigenvalue weighted by molar-refractivity contribution is -0.122. The molecule has 1 fully saturated rings. The topological polar surface area (TPSA) is 51.2 Å². The fourth-order valence-corrected chi connectivity index (χ4v) is 2.34. The molecule has 1 N–H and O–H groups in total. The maximum atomic E-state index is 11.6. The van der Waals surface area contributed by atoms with Crippen LogP contribution < -0.4 is 10.1 Å². The van der Waals surface area contributed by atoms with Gasteiger partial charge in [0, 0.05) is 30.2 Å². The average Bonchev–Trinajstić information content (AvgIpc) is 3.31. The number of aromatic nitrogens is 1. The number of methoxy groups -OCH3 is 1. The smallest absolute Gasteiger partial charge is 0.223 e. The Morgan fingerprint density at radius 1 is 1.38 bits per heavy atom. The van der Waals surface area contributed by atoms with E-state index >= 15 is 0 Å². The summed E-state index contributed by atoms with van der Waals surface area (Å²) in [5, 5.41) is 5.22. The van der Waals surface area contributed by atoms with Crippen LogP contribution in [0.4, 0.5) is 0 Å². The first-order valence-electron chi connectivity index (χ1n) is 6.96. The molecule has 1 saturated carbocycles. The van der Waals surface area contributed by atoms with Gasteiger partial charge in [0.2, 0.25) is 5.91 Å². The Morgan fingerprint density at radius 3 is 2.90 bits per heavy atom. The normalized spacial score (nSPS) is 13.6. The number of halogens is 1. The molecule has 1 aromatic carbocycles. The van der Waals surface area contributed by atoms with Gasteiger partial charge in [0.25, 0.3) is 0 Å². The summed E-state index contributed by atoms with van der Waals surface area (Å²) in [4.78, 5) is 15.9. The van der Waals surface area contributed by atoms with E-state index in [9.17, 15) is 4.79 Å². The highest BCUT2D eigenvalue weighted by Gasteiger charge is 2.28. The first-order chi connectivity index (χ1) is 9.78. The maximum absolute atomic E-state index is 11.6. The predicted octanol–water partition coefficient (Wildman–Crippen LogP) is 2.73. The molecule has 1 heterocycles. The van der Waals surface area contributed by atoms with Gasteiger partial charge in [-0.25, -0.2) is 0 Å². The highest BCUT2D eigenvalue weighted by Crippen LogP contribution is 2.28. The highest BCUT2D eigenvalue weighted by molar-refractivity contribution is 5.86. The number of hydrogen-bond acceptors (Lipinski definition) is 3. The van der Waals surface area contributed by atoms with Crippen LogP contribution in [0.25, 0.3) is 10.8 Å². The van der Waals surface area contributed by atoms with Crippen LogP contribution >= 0.6 is 12.4 Å². The van der Waals surface area contributed by atoms with Crippen LogP contribution in [0, 0.1) is 5.92 Å². The van der Waals surface area contributed by atoms with Gasteiger partial charge in [0.1, 0.15) is 5.75 Å². The summed E-state index contributed by atoms with van der Waals surface area (Å²) in [5.41, 5.74) is 1.14. The molecule has 4 nitrogen and oxygen atoms in total. The van der Waals surface area contributed by atoms with Crippen molar-refractivity contribution in [2.45, 2.75) is 19.3 Å². The Labute approximate surface area is 130 Å². The number of pyridine rings is 1. The predicted molar refractivity (Wildman–Crippen MR) is 85.0 cm³/mol. The van der Waals surface area contributed by atoms with Crippen molar-refractivity contribution >= 4 is 29.1 Å². The van der Waals surface area contributed by atoms with Crippen molar-refractivity contribution in [3.63, 3.8) is 0 Å². The minimum Gasteiger partial charge on any atom is -0.497 e. The number of carbonyl (C=O) groups excluding carboxylic acids is 1. The lowest BCUT2D eigenvalue weighted by atomic mass is 10.1. The van der Waals surface area contributed by atoms with Gasteiger partial charge in [-0.1, -0.05) is 0 Å². The van der Waals surface area contributed by atoms with E-state index in [1.54, 1.807) is 7.11 Å². The SMILES string of the molecule is COc1ccc2cncc(CCNC(=O)C3CC3)c2c1.Cl. The number of fused-ring (bicyclic) bond motifs is 1. The lowest BCUT2D eigenvalue weighted by Crippen LogP contribution is -2.27. The van der Waals surface area contributed by atoms with Crippen molar-refractivity contribution in [1.29, 1.82) is 0 Å². The Hall–Kier alpha value is -1.81. The molecule has 0 atom stereocenters. The summed E-state index contributed by atoms with van der Waals surface area (Å²) in [6, 6.07) is 5.96. The van der Waals surface area contributed by atoms with Crippen LogP contribution in [0.5, 0.6) is 5.75 Å². The molecule has 1 aromatic heterocycles. The van der Waals surface area contributed by atoms with E-state index in [0.29, 0.717) is 6.54 Å². The van der Waals surface area contributed by atoms with Crippen molar-refractivity contribution < 1.29 is 9.53 Å². The Balaban J connectivity index is 0.00000161. The zero-order valence-electron chi connectivity index (χ0n) is 12.0. The van der Waals surface area contributed by atoms with Crippen LogP contribution in [0.1, 0.15) is 18.4 Å². The molecule has 1 amide bonds. The van der Waals surface area contributed by atoms with Gasteiger partial charge in [-0.15, -0.1) is 12.4 Å². The van der Waals surface area contributed by atoms with E-state index < -0.39 is 0 Å². The van der Waals surface area contributed by atoms with Crippen LogP contribution in [-0.4, -0.2) is 24.5 Å². The van der Waals surface area contributed by atoms with Crippen molar-refractivity contribution in [3.05, 3.63) is 36.2 Å². The number of benzene rings is 1. The molecular weight excluding hydrogens is 288 g/mol. The minimum absolute atomic E-state index is 0. The van der Waals surface area contributed by atoms with E-state index in [1.165, 1.54) is 0 Å². The Morgan fingerprint density at radius 2 is 2.19 bits per heavy atom. The Kier molecular flexibility index (Phi) is 5.02. The molecule has 0 spiro atoms. The van der Waals surface area contributed by atoms with Crippen molar-refractivity contribution in [1.82, 2.24) is 10.3 Å². The van der Waals surface area contributed by atoms with Gasteiger partial charge >= 0.3 is 0 Å². The zero-order valence-corrected chi connectivity index (χ0v) is 12.8. The number of hydrogen-bond donors (Lipinski definition) is 1. The number of nitrogens with one attached hydrogen (secondary N) is 1. The molecule has 0 aliphatic heterocycles. The number of ether oxygens (including phenoxy) is 1. The molecule has 5 heteroatoms. The van der Waals surface area contributed by atoms with Gasteiger partial charge < -0.3 is 10.1 Å². The minimum atomic E-state index is 0. The molecule has 112 valence electrons. The number of rotatable bonds is 5. The standard InChI is InChI=1S/C16H18N2O2.ClH/c1-20-14-5-4-12-9-17-10-13(15(12)8-14)6-7-18-16(19)11-2-3-11;/h4-5,8-11H,2-3,6-7H2,1H3,(H,18,19);1H. The first kappa shape index (κ1) is 15.6. The molecule has 1 aliphatic carbocycles. The van der Waals surface area contributed by atoms with Gasteiger partial charge in [-0.2, -0.15) is 0 Å². The van der Waals surface area contributed by atoms with Crippen LogP contribution in [0.3, 0.4) is 0 Å². The second-order valence-corrected chi connectivity index (χ2v) is 5.20. The van der Waals surface area contributed by atoms with E-state index in [4.69, 9.17) is 4.74 Å². The zero-order chi connectivity index (χ0) is 13.9. The van der Waals surface area contributed by atoms with Crippen LogP contribution in [-0.2, 0) is 11.2 Å². The van der Waals surface area contributed by atoms with Crippen LogP contribution in [0.15, 0.2) is 30.6 Å². The van der Waals surface area contributed by atoms with Crippen molar-refractivity contribution in [3.8, 4) is 5.75 Å². The van der Waals surface area contributed by atoms with Crippen LogP contribution in [0.2, 0.25) is 0 Å². The molecule has 2 aromatic rings. The van der Waals surface area contributed by atoms with Crippen molar-refractivity contribution in [2.75, 3.05) is 13.7 Å². The molecule has 0 radical (unpaired) electrons. The molecule has 1 aliphatic rings. The largest absolute Gasteiger partial charge is 0.497 e. The fourth-order valence-electron chi connectivity index (χ4n) is 2.34. The third-order valence-electron chi connectivity index (χ3n) is 3.69. The first-order valence-corrected chi connectivity index (χ1v) is 6.96. The third kappa shape index (κ3) is 3.64. The average molecular weight is 307 g/mol. The summed E-state index contributed by atoms with van der Waals surface area (Å²) >= 11 is 0. The number of amides is 1. The fraction of sp³-hybridized carbons (Fsp3) is 0.375. The maximum Gasteiger partial charge on any atom is 0.223 e. The van der Waals surface area contributed by atoms with Crippen molar-refractivity contribution in [2.24, 2.45) is 5.92 Å².